The van der Waals surface area contributed by atoms with Crippen molar-refractivity contribution in [2.75, 3.05) is 17.7 Å². The lowest BCUT2D eigenvalue weighted by Gasteiger charge is -2.11. The molecule has 0 spiro atoms. The first kappa shape index (κ1) is 17.7. The van der Waals surface area contributed by atoms with Gasteiger partial charge in [-0.15, -0.1) is 0 Å². The van der Waals surface area contributed by atoms with E-state index in [9.17, 15) is 0 Å². The molecule has 0 saturated carbocycles. The molecule has 1 heterocycles. The zero-order valence-electron chi connectivity index (χ0n) is 15.6. The number of nitrogens with one attached hydrogen (secondary N) is 2. The van der Waals surface area contributed by atoms with E-state index >= 15 is 0 Å². The Bertz CT molecular complexity index is 891. The van der Waals surface area contributed by atoms with Crippen LogP contribution in [0.5, 0.6) is 5.75 Å². The molecule has 3 rings (SSSR count). The summed E-state index contributed by atoms with van der Waals surface area (Å²) in [4.78, 5) is 9.05. The third kappa shape index (κ3) is 4.51. The van der Waals surface area contributed by atoms with Crippen LogP contribution in [0, 0.1) is 20.8 Å². The van der Waals surface area contributed by atoms with Crippen LogP contribution in [0.1, 0.15) is 22.4 Å². The largest absolute Gasteiger partial charge is 0.497 e. The van der Waals surface area contributed by atoms with E-state index in [1.54, 1.807) is 7.11 Å². The molecule has 0 fully saturated rings. The summed E-state index contributed by atoms with van der Waals surface area (Å²) in [6, 6.07) is 16.2. The smallest absolute Gasteiger partial charge is 0.229 e. The van der Waals surface area contributed by atoms with Crippen molar-refractivity contribution >= 4 is 17.5 Å². The van der Waals surface area contributed by atoms with Gasteiger partial charge in [0.2, 0.25) is 5.95 Å². The topological polar surface area (TPSA) is 59.1 Å². The highest BCUT2D eigenvalue weighted by Crippen LogP contribution is 2.19. The van der Waals surface area contributed by atoms with Gasteiger partial charge in [-0.1, -0.05) is 18.2 Å². The van der Waals surface area contributed by atoms with Gasteiger partial charge in [0.15, 0.2) is 0 Å². The molecule has 2 N–H and O–H groups in total. The standard InChI is InChI=1S/C21H24N4O/c1-14-5-8-18(11-15(14)2)24-21-23-16(3)12-20(25-21)22-13-17-6-9-19(26-4)10-7-17/h5-12H,13H2,1-4H3,(H2,22,23,24,25). The quantitative estimate of drug-likeness (QED) is 0.672. The number of anilines is 3. The molecule has 0 aliphatic heterocycles. The highest BCUT2D eigenvalue weighted by molar-refractivity contribution is 5.57. The maximum Gasteiger partial charge on any atom is 0.229 e. The summed E-state index contributed by atoms with van der Waals surface area (Å²) < 4.78 is 5.19. The van der Waals surface area contributed by atoms with E-state index in [2.05, 4.69) is 46.6 Å². The summed E-state index contributed by atoms with van der Waals surface area (Å²) in [5, 5.41) is 6.64. The average Bonchev–Trinajstić information content (AvgIpc) is 2.63. The molecule has 0 unspecified atom stereocenters. The molecular weight excluding hydrogens is 324 g/mol. The van der Waals surface area contributed by atoms with Crippen LogP contribution in [0.15, 0.2) is 48.5 Å². The lowest BCUT2D eigenvalue weighted by Crippen LogP contribution is -2.05. The van der Waals surface area contributed by atoms with E-state index in [0.717, 1.165) is 28.5 Å². The van der Waals surface area contributed by atoms with Gasteiger partial charge in [0, 0.05) is 24.0 Å². The van der Waals surface area contributed by atoms with Gasteiger partial charge in [0.05, 0.1) is 7.11 Å². The maximum absolute atomic E-state index is 5.19. The zero-order valence-corrected chi connectivity index (χ0v) is 15.6. The molecule has 0 amide bonds. The number of hydrogen-bond acceptors (Lipinski definition) is 5. The molecule has 3 aromatic rings. The van der Waals surface area contributed by atoms with Gasteiger partial charge in [-0.3, -0.25) is 0 Å². The molecular formula is C21H24N4O. The fraction of sp³-hybridized carbons (Fsp3) is 0.238. The van der Waals surface area contributed by atoms with Crippen LogP contribution in [-0.4, -0.2) is 17.1 Å². The highest BCUT2D eigenvalue weighted by atomic mass is 16.5. The molecule has 26 heavy (non-hydrogen) atoms. The van der Waals surface area contributed by atoms with Gasteiger partial charge in [0.25, 0.3) is 0 Å². The molecule has 5 heteroatoms. The second-order valence-corrected chi connectivity index (χ2v) is 6.34. The van der Waals surface area contributed by atoms with Crippen molar-refractivity contribution in [3.05, 3.63) is 70.9 Å². The monoisotopic (exact) mass is 348 g/mol. The van der Waals surface area contributed by atoms with Crippen LogP contribution in [0.4, 0.5) is 17.5 Å². The fourth-order valence-electron chi connectivity index (χ4n) is 2.60. The van der Waals surface area contributed by atoms with E-state index in [0.29, 0.717) is 12.5 Å². The van der Waals surface area contributed by atoms with Crippen LogP contribution in [0.3, 0.4) is 0 Å². The summed E-state index contributed by atoms with van der Waals surface area (Å²) in [6.45, 7) is 6.85. The number of ether oxygens (including phenoxy) is 1. The minimum absolute atomic E-state index is 0.588. The first-order chi connectivity index (χ1) is 12.5. The van der Waals surface area contributed by atoms with Crippen molar-refractivity contribution in [3.8, 4) is 5.75 Å². The molecule has 0 saturated heterocycles. The van der Waals surface area contributed by atoms with E-state index in [-0.39, 0.29) is 0 Å². The molecule has 1 aromatic heterocycles. The summed E-state index contributed by atoms with van der Waals surface area (Å²) in [7, 11) is 1.67. The number of rotatable bonds is 6. The number of benzene rings is 2. The molecule has 0 aliphatic carbocycles. The highest BCUT2D eigenvalue weighted by Gasteiger charge is 2.04. The Morgan fingerprint density at radius 3 is 2.35 bits per heavy atom. The number of aryl methyl sites for hydroxylation is 3. The van der Waals surface area contributed by atoms with Crippen molar-refractivity contribution < 1.29 is 4.74 Å². The maximum atomic E-state index is 5.19. The average molecular weight is 348 g/mol. The first-order valence-electron chi connectivity index (χ1n) is 8.60. The van der Waals surface area contributed by atoms with Gasteiger partial charge < -0.3 is 15.4 Å². The summed E-state index contributed by atoms with van der Waals surface area (Å²) in [6.07, 6.45) is 0. The molecule has 0 radical (unpaired) electrons. The zero-order chi connectivity index (χ0) is 18.5. The molecule has 5 nitrogen and oxygen atoms in total. The van der Waals surface area contributed by atoms with Crippen LogP contribution < -0.4 is 15.4 Å². The predicted molar refractivity (Wildman–Crippen MR) is 106 cm³/mol. The van der Waals surface area contributed by atoms with E-state index in [1.165, 1.54) is 11.1 Å². The van der Waals surface area contributed by atoms with Crippen molar-refractivity contribution in [3.63, 3.8) is 0 Å². The second kappa shape index (κ2) is 7.87. The molecule has 0 aliphatic rings. The Morgan fingerprint density at radius 1 is 0.885 bits per heavy atom. The Kier molecular flexibility index (Phi) is 5.37. The minimum Gasteiger partial charge on any atom is -0.497 e. The number of hydrogen-bond donors (Lipinski definition) is 2. The SMILES string of the molecule is COc1ccc(CNc2cc(C)nc(Nc3ccc(C)c(C)c3)n2)cc1. The Hall–Kier alpha value is -3.08. The Labute approximate surface area is 154 Å². The van der Waals surface area contributed by atoms with Crippen LogP contribution in [0.25, 0.3) is 0 Å². The third-order valence-corrected chi connectivity index (χ3v) is 4.25. The molecule has 134 valence electrons. The van der Waals surface area contributed by atoms with E-state index in [1.807, 2.05) is 43.3 Å². The summed E-state index contributed by atoms with van der Waals surface area (Å²) in [5.74, 6) is 2.23. The van der Waals surface area contributed by atoms with Crippen molar-refractivity contribution in [1.82, 2.24) is 9.97 Å². The number of nitrogens with zero attached hydrogens (tertiary/aromatic N) is 2. The number of aromatic nitrogens is 2. The van der Waals surface area contributed by atoms with Gasteiger partial charge >= 0.3 is 0 Å². The molecule has 0 atom stereocenters. The van der Waals surface area contributed by atoms with Crippen LogP contribution >= 0.6 is 0 Å². The van der Waals surface area contributed by atoms with Gasteiger partial charge in [0.1, 0.15) is 11.6 Å². The Balaban J connectivity index is 1.71. The van der Waals surface area contributed by atoms with Crippen LogP contribution in [-0.2, 0) is 6.54 Å². The summed E-state index contributed by atoms with van der Waals surface area (Å²) >= 11 is 0. The first-order valence-corrected chi connectivity index (χ1v) is 8.60. The van der Waals surface area contributed by atoms with Crippen molar-refractivity contribution in [2.24, 2.45) is 0 Å². The lowest BCUT2D eigenvalue weighted by molar-refractivity contribution is 0.414. The third-order valence-electron chi connectivity index (χ3n) is 4.25. The second-order valence-electron chi connectivity index (χ2n) is 6.34. The minimum atomic E-state index is 0.588. The van der Waals surface area contributed by atoms with Gasteiger partial charge in [-0.25, -0.2) is 4.98 Å². The Morgan fingerprint density at radius 2 is 1.65 bits per heavy atom. The molecule has 2 aromatic carbocycles. The van der Waals surface area contributed by atoms with Crippen LogP contribution in [0.2, 0.25) is 0 Å². The van der Waals surface area contributed by atoms with Gasteiger partial charge in [-0.05, 0) is 61.7 Å². The van der Waals surface area contributed by atoms with E-state index < -0.39 is 0 Å². The number of methoxy groups -OCH3 is 1. The fourth-order valence-corrected chi connectivity index (χ4v) is 2.60. The molecule has 0 bridgehead atoms. The van der Waals surface area contributed by atoms with E-state index in [4.69, 9.17) is 4.74 Å². The van der Waals surface area contributed by atoms with Crippen molar-refractivity contribution in [1.29, 1.82) is 0 Å². The van der Waals surface area contributed by atoms with Crippen molar-refractivity contribution in [2.45, 2.75) is 27.3 Å². The van der Waals surface area contributed by atoms with Gasteiger partial charge in [-0.2, -0.15) is 4.98 Å². The normalized spacial score (nSPS) is 10.5. The lowest BCUT2D eigenvalue weighted by atomic mass is 10.1. The summed E-state index contributed by atoms with van der Waals surface area (Å²) in [5.41, 5.74) is 5.55. The predicted octanol–water partition coefficient (Wildman–Crippen LogP) is 4.77.